The molecule has 2 unspecified atom stereocenters. The maximum absolute atomic E-state index is 11.9. The minimum absolute atomic E-state index is 0.129. The predicted molar refractivity (Wildman–Crippen MR) is 71.9 cm³/mol. The zero-order valence-corrected chi connectivity index (χ0v) is 11.2. The van der Waals surface area contributed by atoms with Crippen molar-refractivity contribution < 1.29 is 9.90 Å². The van der Waals surface area contributed by atoms with Crippen LogP contribution in [0.25, 0.3) is 0 Å². The number of hydrogen-bond acceptors (Lipinski definition) is 2. The monoisotopic (exact) mass is 267 g/mol. The first-order chi connectivity index (χ1) is 8.58. The summed E-state index contributed by atoms with van der Waals surface area (Å²) in [4.78, 5) is 11.9. The molecule has 0 spiro atoms. The number of halogens is 1. The molecule has 2 N–H and O–H groups in total. The van der Waals surface area contributed by atoms with Gasteiger partial charge in [0.25, 0.3) is 5.91 Å². The Morgan fingerprint density at radius 2 is 2.28 bits per heavy atom. The molecule has 18 heavy (non-hydrogen) atoms. The second-order valence-corrected chi connectivity index (χ2v) is 5.34. The number of aliphatic hydroxyl groups excluding tert-OH is 1. The van der Waals surface area contributed by atoms with E-state index >= 15 is 0 Å². The van der Waals surface area contributed by atoms with Crippen molar-refractivity contribution in [2.45, 2.75) is 32.3 Å². The van der Waals surface area contributed by atoms with Gasteiger partial charge in [0.2, 0.25) is 0 Å². The number of aliphatic hydroxyl groups is 1. The Bertz CT molecular complexity index is 447. The normalized spacial score (nSPS) is 23.1. The maximum atomic E-state index is 11.9. The van der Waals surface area contributed by atoms with E-state index in [1.165, 1.54) is 0 Å². The molecule has 1 saturated carbocycles. The molecule has 1 fully saturated rings. The zero-order chi connectivity index (χ0) is 13.1. The van der Waals surface area contributed by atoms with Gasteiger partial charge in [0.05, 0.1) is 6.10 Å². The summed E-state index contributed by atoms with van der Waals surface area (Å²) in [6, 6.07) is 5.28. The van der Waals surface area contributed by atoms with E-state index in [2.05, 4.69) is 5.32 Å². The smallest absolute Gasteiger partial charge is 0.251 e. The Kier molecular flexibility index (Phi) is 4.25. The van der Waals surface area contributed by atoms with Crippen LogP contribution in [-0.4, -0.2) is 23.7 Å². The number of carbonyl (C=O) groups is 1. The third-order valence-corrected chi connectivity index (χ3v) is 3.98. The summed E-state index contributed by atoms with van der Waals surface area (Å²) in [6.07, 6.45) is 2.59. The molecule has 1 aromatic rings. The van der Waals surface area contributed by atoms with Gasteiger partial charge in [-0.3, -0.25) is 4.79 Å². The maximum Gasteiger partial charge on any atom is 0.251 e. The van der Waals surface area contributed by atoms with E-state index in [0.29, 0.717) is 17.1 Å². The van der Waals surface area contributed by atoms with Gasteiger partial charge in [0.15, 0.2) is 0 Å². The number of hydrogen-bond donors (Lipinski definition) is 2. The van der Waals surface area contributed by atoms with Crippen LogP contribution in [0.1, 0.15) is 35.2 Å². The molecule has 0 heterocycles. The van der Waals surface area contributed by atoms with E-state index in [1.54, 1.807) is 12.1 Å². The molecule has 3 nitrogen and oxygen atoms in total. The quantitative estimate of drug-likeness (QED) is 0.884. The van der Waals surface area contributed by atoms with Gasteiger partial charge < -0.3 is 10.4 Å². The Balaban J connectivity index is 1.93. The third-order valence-electron chi connectivity index (χ3n) is 3.58. The summed E-state index contributed by atoms with van der Waals surface area (Å²) < 4.78 is 0. The van der Waals surface area contributed by atoms with Crippen LogP contribution >= 0.6 is 11.6 Å². The fourth-order valence-corrected chi connectivity index (χ4v) is 2.50. The standard InChI is InChI=1S/C14H18ClNO2/c1-9-5-6-10(7-12(9)15)14(18)16-8-11-3-2-4-13(11)17/h5-7,11,13,17H,2-4,8H2,1H3,(H,16,18). The van der Waals surface area contributed by atoms with Crippen LogP contribution in [-0.2, 0) is 0 Å². The van der Waals surface area contributed by atoms with Gasteiger partial charge in [-0.1, -0.05) is 24.1 Å². The van der Waals surface area contributed by atoms with Gasteiger partial charge in [-0.25, -0.2) is 0 Å². The molecule has 98 valence electrons. The molecular formula is C14H18ClNO2. The molecule has 1 aromatic carbocycles. The number of benzene rings is 1. The summed E-state index contributed by atoms with van der Waals surface area (Å²) >= 11 is 5.99. The Morgan fingerprint density at radius 1 is 1.50 bits per heavy atom. The molecule has 1 aliphatic carbocycles. The topological polar surface area (TPSA) is 49.3 Å². The zero-order valence-electron chi connectivity index (χ0n) is 10.4. The summed E-state index contributed by atoms with van der Waals surface area (Å²) in [5.41, 5.74) is 1.53. The molecule has 1 amide bonds. The lowest BCUT2D eigenvalue weighted by atomic mass is 10.1. The van der Waals surface area contributed by atoms with Crippen LogP contribution in [0.5, 0.6) is 0 Å². The number of carbonyl (C=O) groups excluding carboxylic acids is 1. The van der Waals surface area contributed by atoms with Gasteiger partial charge in [-0.05, 0) is 37.5 Å². The Labute approximate surface area is 112 Å². The van der Waals surface area contributed by atoms with Crippen LogP contribution in [0.4, 0.5) is 0 Å². The highest BCUT2D eigenvalue weighted by atomic mass is 35.5. The first kappa shape index (κ1) is 13.4. The van der Waals surface area contributed by atoms with Crippen molar-refractivity contribution in [2.75, 3.05) is 6.54 Å². The fourth-order valence-electron chi connectivity index (χ4n) is 2.32. The SMILES string of the molecule is Cc1ccc(C(=O)NCC2CCCC2O)cc1Cl. The number of aryl methyl sites for hydroxylation is 1. The second kappa shape index (κ2) is 5.72. The molecular weight excluding hydrogens is 250 g/mol. The second-order valence-electron chi connectivity index (χ2n) is 4.93. The molecule has 4 heteroatoms. The predicted octanol–water partition coefficient (Wildman–Crippen LogP) is 2.54. The Hall–Kier alpha value is -1.06. The highest BCUT2D eigenvalue weighted by molar-refractivity contribution is 6.31. The lowest BCUT2D eigenvalue weighted by Gasteiger charge is -2.15. The van der Waals surface area contributed by atoms with Crippen molar-refractivity contribution in [2.24, 2.45) is 5.92 Å². The van der Waals surface area contributed by atoms with Crippen LogP contribution in [0.15, 0.2) is 18.2 Å². The van der Waals surface area contributed by atoms with Crippen LogP contribution in [0.2, 0.25) is 5.02 Å². The first-order valence-corrected chi connectivity index (χ1v) is 6.68. The van der Waals surface area contributed by atoms with E-state index in [0.717, 1.165) is 24.8 Å². The molecule has 0 aromatic heterocycles. The third kappa shape index (κ3) is 3.03. The number of nitrogens with one attached hydrogen (secondary N) is 1. The van der Waals surface area contributed by atoms with Gasteiger partial charge in [-0.15, -0.1) is 0 Å². The lowest BCUT2D eigenvalue weighted by Crippen LogP contribution is -2.32. The molecule has 0 aliphatic heterocycles. The minimum atomic E-state index is -0.271. The summed E-state index contributed by atoms with van der Waals surface area (Å²) in [7, 11) is 0. The van der Waals surface area contributed by atoms with Crippen molar-refractivity contribution in [1.29, 1.82) is 0 Å². The molecule has 1 aliphatic rings. The number of amides is 1. The average Bonchev–Trinajstić information content (AvgIpc) is 2.75. The first-order valence-electron chi connectivity index (χ1n) is 6.30. The molecule has 0 bridgehead atoms. The molecule has 0 radical (unpaired) electrons. The molecule has 2 atom stereocenters. The van der Waals surface area contributed by atoms with Crippen LogP contribution < -0.4 is 5.32 Å². The van der Waals surface area contributed by atoms with Crippen molar-refractivity contribution in [1.82, 2.24) is 5.32 Å². The summed E-state index contributed by atoms with van der Waals surface area (Å²) in [5, 5.41) is 13.1. The highest BCUT2D eigenvalue weighted by Gasteiger charge is 2.25. The van der Waals surface area contributed by atoms with Gasteiger partial charge in [-0.2, -0.15) is 0 Å². The van der Waals surface area contributed by atoms with E-state index in [9.17, 15) is 9.90 Å². The van der Waals surface area contributed by atoms with E-state index in [1.807, 2.05) is 13.0 Å². The summed E-state index contributed by atoms with van der Waals surface area (Å²) in [6.45, 7) is 2.43. The largest absolute Gasteiger partial charge is 0.393 e. The molecule has 0 saturated heterocycles. The summed E-state index contributed by atoms with van der Waals surface area (Å²) in [5.74, 6) is 0.0610. The van der Waals surface area contributed by atoms with E-state index in [-0.39, 0.29) is 17.9 Å². The van der Waals surface area contributed by atoms with Gasteiger partial charge in [0.1, 0.15) is 0 Å². The van der Waals surface area contributed by atoms with Crippen molar-refractivity contribution in [3.63, 3.8) is 0 Å². The van der Waals surface area contributed by atoms with Gasteiger partial charge in [0, 0.05) is 23.0 Å². The van der Waals surface area contributed by atoms with Crippen LogP contribution in [0, 0.1) is 12.8 Å². The fraction of sp³-hybridized carbons (Fsp3) is 0.500. The average molecular weight is 268 g/mol. The number of rotatable bonds is 3. The van der Waals surface area contributed by atoms with Crippen molar-refractivity contribution >= 4 is 17.5 Å². The Morgan fingerprint density at radius 3 is 2.89 bits per heavy atom. The van der Waals surface area contributed by atoms with E-state index in [4.69, 9.17) is 11.6 Å². The van der Waals surface area contributed by atoms with Gasteiger partial charge >= 0.3 is 0 Å². The highest BCUT2D eigenvalue weighted by Crippen LogP contribution is 2.24. The lowest BCUT2D eigenvalue weighted by molar-refractivity contribution is 0.0917. The van der Waals surface area contributed by atoms with Crippen molar-refractivity contribution in [3.8, 4) is 0 Å². The minimum Gasteiger partial charge on any atom is -0.393 e. The van der Waals surface area contributed by atoms with Crippen molar-refractivity contribution in [3.05, 3.63) is 34.3 Å². The van der Waals surface area contributed by atoms with Crippen LogP contribution in [0.3, 0.4) is 0 Å². The molecule has 2 rings (SSSR count). The van der Waals surface area contributed by atoms with E-state index < -0.39 is 0 Å².